The molecule has 6 nitrogen and oxygen atoms in total. The Morgan fingerprint density at radius 1 is 1.37 bits per heavy atom. The number of hydrogen-bond donors (Lipinski definition) is 0. The summed E-state index contributed by atoms with van der Waals surface area (Å²) in [6.07, 6.45) is 2.69. The number of pyridine rings is 1. The highest BCUT2D eigenvalue weighted by molar-refractivity contribution is 7.91. The Balaban J connectivity index is 2.11. The van der Waals surface area contributed by atoms with Crippen molar-refractivity contribution in [3.05, 3.63) is 36.5 Å². The normalized spacial score (nSPS) is 14.2. The Labute approximate surface area is 157 Å². The van der Waals surface area contributed by atoms with E-state index >= 15 is 0 Å². The summed E-state index contributed by atoms with van der Waals surface area (Å²) in [5.41, 5.74) is -4.00. The topological polar surface area (TPSA) is 98.1 Å². The third-order valence-corrected chi connectivity index (χ3v) is 6.16. The smallest absolute Gasteiger partial charge is 0.457 e. The Kier molecular flexibility index (Phi) is 5.50. The number of fused-ring (bicyclic) bond motifs is 1. The van der Waals surface area contributed by atoms with Crippen molar-refractivity contribution in [1.82, 2.24) is 9.97 Å². The molecule has 2 atom stereocenters. The lowest BCUT2D eigenvalue weighted by Gasteiger charge is -2.09. The van der Waals surface area contributed by atoms with Gasteiger partial charge >= 0.3 is 5.51 Å². The van der Waals surface area contributed by atoms with Crippen molar-refractivity contribution in [3.63, 3.8) is 0 Å². The van der Waals surface area contributed by atoms with Crippen LogP contribution in [0.3, 0.4) is 0 Å². The summed E-state index contributed by atoms with van der Waals surface area (Å²) >= 11 is -1.31. The molecule has 0 saturated carbocycles. The van der Waals surface area contributed by atoms with E-state index in [9.17, 15) is 17.7 Å². The molecule has 2 unspecified atom stereocenters. The SMILES string of the molecule is CC[S+]([O-])c1cccnc1-c1nc2cc(/S(=N/C#N)C(F)(F)F)ccc2o1. The number of nitriles is 1. The van der Waals surface area contributed by atoms with Crippen LogP contribution in [0.2, 0.25) is 0 Å². The van der Waals surface area contributed by atoms with Crippen molar-refractivity contribution in [2.24, 2.45) is 4.36 Å². The molecule has 0 aliphatic heterocycles. The van der Waals surface area contributed by atoms with E-state index in [0.717, 1.165) is 0 Å². The zero-order valence-electron chi connectivity index (χ0n) is 13.7. The predicted octanol–water partition coefficient (Wildman–Crippen LogP) is 4.18. The Hall–Kier alpha value is -2.42. The first kappa shape index (κ1) is 19.3. The lowest BCUT2D eigenvalue weighted by atomic mass is 10.3. The van der Waals surface area contributed by atoms with E-state index in [-0.39, 0.29) is 27.6 Å². The van der Waals surface area contributed by atoms with E-state index in [1.807, 2.05) is 0 Å². The zero-order valence-corrected chi connectivity index (χ0v) is 15.4. The highest BCUT2D eigenvalue weighted by Crippen LogP contribution is 2.32. The second kappa shape index (κ2) is 7.67. The Bertz CT molecular complexity index is 1060. The fraction of sp³-hybridized carbons (Fsp3) is 0.188. The van der Waals surface area contributed by atoms with Gasteiger partial charge in [0, 0.05) is 11.1 Å². The summed E-state index contributed by atoms with van der Waals surface area (Å²) < 4.78 is 60.1. The van der Waals surface area contributed by atoms with Gasteiger partial charge in [-0.3, -0.25) is 0 Å². The number of alkyl halides is 3. The van der Waals surface area contributed by atoms with Crippen molar-refractivity contribution in [1.29, 1.82) is 5.26 Å². The third kappa shape index (κ3) is 3.97. The first-order chi connectivity index (χ1) is 12.8. The minimum absolute atomic E-state index is 0.0589. The number of oxazole rings is 1. The van der Waals surface area contributed by atoms with Crippen molar-refractivity contribution < 1.29 is 22.1 Å². The van der Waals surface area contributed by atoms with Gasteiger partial charge in [-0.25, -0.2) is 9.97 Å². The number of rotatable bonds is 4. The molecule has 2 heterocycles. The second-order valence-electron chi connectivity index (χ2n) is 5.05. The lowest BCUT2D eigenvalue weighted by Crippen LogP contribution is -2.15. The van der Waals surface area contributed by atoms with E-state index in [0.29, 0.717) is 10.6 Å². The molecular weight excluding hydrogens is 401 g/mol. The summed E-state index contributed by atoms with van der Waals surface area (Å²) in [5, 5.41) is 8.55. The maximum absolute atomic E-state index is 13.1. The first-order valence-corrected chi connectivity index (χ1v) is 10.0. The van der Waals surface area contributed by atoms with Crippen molar-refractivity contribution in [2.75, 3.05) is 5.75 Å². The van der Waals surface area contributed by atoms with Gasteiger partial charge in [0.25, 0.3) is 5.89 Å². The molecule has 0 spiro atoms. The van der Waals surface area contributed by atoms with Gasteiger partial charge in [-0.2, -0.15) is 18.4 Å². The highest BCUT2D eigenvalue weighted by Gasteiger charge is 2.36. The zero-order chi connectivity index (χ0) is 19.6. The van der Waals surface area contributed by atoms with Crippen LogP contribution in [0.5, 0.6) is 0 Å². The van der Waals surface area contributed by atoms with E-state index in [1.54, 1.807) is 19.1 Å². The second-order valence-corrected chi connectivity index (χ2v) is 8.45. The molecule has 0 bridgehead atoms. The van der Waals surface area contributed by atoms with Gasteiger partial charge in [0.1, 0.15) is 11.3 Å². The Morgan fingerprint density at radius 3 is 2.81 bits per heavy atom. The van der Waals surface area contributed by atoms with Gasteiger partial charge in [-0.05, 0) is 48.4 Å². The molecule has 0 amide bonds. The summed E-state index contributed by atoms with van der Waals surface area (Å²) in [5.74, 6) is 0.427. The van der Waals surface area contributed by atoms with Crippen LogP contribution < -0.4 is 0 Å². The summed E-state index contributed by atoms with van der Waals surface area (Å²) in [7, 11) is -2.59. The van der Waals surface area contributed by atoms with Gasteiger partial charge in [-0.15, -0.1) is 4.36 Å². The fourth-order valence-electron chi connectivity index (χ4n) is 2.30. The first-order valence-electron chi connectivity index (χ1n) is 7.50. The quantitative estimate of drug-likeness (QED) is 0.473. The maximum atomic E-state index is 13.1. The van der Waals surface area contributed by atoms with Crippen LogP contribution in [0.25, 0.3) is 22.7 Å². The van der Waals surface area contributed by atoms with E-state index in [1.165, 1.54) is 30.6 Å². The predicted molar refractivity (Wildman–Crippen MR) is 93.9 cm³/mol. The summed E-state index contributed by atoms with van der Waals surface area (Å²) in [6.45, 7) is 1.75. The van der Waals surface area contributed by atoms with Crippen LogP contribution in [0.1, 0.15) is 6.92 Å². The summed E-state index contributed by atoms with van der Waals surface area (Å²) in [6, 6.07) is 6.97. The van der Waals surface area contributed by atoms with Crippen LogP contribution in [0.4, 0.5) is 13.2 Å². The average Bonchev–Trinajstić information content (AvgIpc) is 3.07. The molecule has 0 aliphatic carbocycles. The van der Waals surface area contributed by atoms with E-state index < -0.39 is 27.4 Å². The van der Waals surface area contributed by atoms with Crippen molar-refractivity contribution >= 4 is 33.0 Å². The van der Waals surface area contributed by atoms with E-state index in [2.05, 4.69) is 14.3 Å². The molecule has 3 rings (SSSR count). The van der Waals surface area contributed by atoms with Gasteiger partial charge in [-0.1, -0.05) is 0 Å². The molecule has 11 heteroatoms. The van der Waals surface area contributed by atoms with Crippen molar-refractivity contribution in [2.45, 2.75) is 22.2 Å². The molecule has 0 aliphatic rings. The number of aromatic nitrogens is 2. The molecule has 27 heavy (non-hydrogen) atoms. The number of hydrogen-bond acceptors (Lipinski definition) is 6. The number of benzene rings is 1. The Morgan fingerprint density at radius 2 is 2.15 bits per heavy atom. The molecule has 3 aromatic rings. The van der Waals surface area contributed by atoms with Crippen LogP contribution in [0, 0.1) is 11.5 Å². The van der Waals surface area contributed by atoms with Gasteiger partial charge in [0.15, 0.2) is 16.2 Å². The van der Waals surface area contributed by atoms with Crippen LogP contribution >= 0.6 is 0 Å². The molecular formula is C16H11F3N4O2S2. The molecule has 0 saturated heterocycles. The number of halogens is 3. The van der Waals surface area contributed by atoms with Crippen molar-refractivity contribution in [3.8, 4) is 17.8 Å². The minimum Gasteiger partial charge on any atom is -0.611 e. The molecule has 0 radical (unpaired) electrons. The third-order valence-electron chi connectivity index (χ3n) is 3.41. The van der Waals surface area contributed by atoms with Crippen LogP contribution in [-0.2, 0) is 21.9 Å². The monoisotopic (exact) mass is 412 g/mol. The van der Waals surface area contributed by atoms with Gasteiger partial charge < -0.3 is 8.97 Å². The average molecular weight is 412 g/mol. The summed E-state index contributed by atoms with van der Waals surface area (Å²) in [4.78, 5) is 8.58. The highest BCUT2D eigenvalue weighted by atomic mass is 32.2. The molecule has 0 fully saturated rings. The van der Waals surface area contributed by atoms with E-state index in [4.69, 9.17) is 9.68 Å². The van der Waals surface area contributed by atoms with Gasteiger partial charge in [0.05, 0.1) is 10.7 Å². The maximum Gasteiger partial charge on any atom is 0.457 e. The molecule has 0 N–H and O–H groups in total. The lowest BCUT2D eigenvalue weighted by molar-refractivity contribution is -0.0356. The van der Waals surface area contributed by atoms with Gasteiger partial charge in [0.2, 0.25) is 6.19 Å². The minimum atomic E-state index is -4.68. The number of nitrogens with zero attached hydrogens (tertiary/aromatic N) is 4. The molecule has 140 valence electrons. The standard InChI is InChI=1S/C16H11F3N4O2S2/c1-2-26(24)13-4-3-7-21-14(13)15-23-11-8-10(5-6-12(11)25-15)27(22-9-20)16(17,18)19/h3-8H,2H2,1H3. The largest absolute Gasteiger partial charge is 0.611 e. The molecule has 2 aromatic heterocycles. The molecule has 1 aromatic carbocycles. The van der Waals surface area contributed by atoms with Crippen LogP contribution in [-0.4, -0.2) is 25.8 Å². The fourth-order valence-corrected chi connectivity index (χ4v) is 4.17. The van der Waals surface area contributed by atoms with Crippen LogP contribution in [0.15, 0.2) is 55.1 Å².